The van der Waals surface area contributed by atoms with E-state index in [-0.39, 0.29) is 17.0 Å². The van der Waals surface area contributed by atoms with Crippen LogP contribution in [0.2, 0.25) is 5.02 Å². The Balaban J connectivity index is 1.56. The van der Waals surface area contributed by atoms with Crippen molar-refractivity contribution in [3.05, 3.63) is 68.6 Å². The average molecular weight is 538 g/mol. The van der Waals surface area contributed by atoms with E-state index < -0.39 is 17.1 Å². The molecule has 3 amide bonds. The van der Waals surface area contributed by atoms with Crippen LogP contribution >= 0.6 is 23.4 Å². The molecule has 0 unspecified atom stereocenters. The van der Waals surface area contributed by atoms with Crippen LogP contribution in [0.5, 0.6) is 0 Å². The molecule has 4 rings (SSSR count). The lowest BCUT2D eigenvalue weighted by atomic mass is 9.87. The van der Waals surface area contributed by atoms with Crippen LogP contribution < -0.4 is 10.2 Å². The summed E-state index contributed by atoms with van der Waals surface area (Å²) >= 11 is 7.51. The van der Waals surface area contributed by atoms with Crippen molar-refractivity contribution in [2.24, 2.45) is 0 Å². The van der Waals surface area contributed by atoms with Gasteiger partial charge in [0.15, 0.2) is 0 Å². The molecule has 1 fully saturated rings. The van der Waals surface area contributed by atoms with Crippen LogP contribution in [0.25, 0.3) is 11.6 Å². The summed E-state index contributed by atoms with van der Waals surface area (Å²) in [4.78, 5) is 41.8. The molecule has 0 radical (unpaired) electrons. The first-order valence-corrected chi connectivity index (χ1v) is 13.5. The molecule has 8 heteroatoms. The van der Waals surface area contributed by atoms with Crippen LogP contribution in [0.1, 0.15) is 56.4 Å². The summed E-state index contributed by atoms with van der Waals surface area (Å²) < 4.78 is 0. The van der Waals surface area contributed by atoms with Crippen LogP contribution in [-0.2, 0) is 9.59 Å². The zero-order valence-electron chi connectivity index (χ0n) is 22.1. The Morgan fingerprint density at radius 3 is 2.51 bits per heavy atom. The van der Waals surface area contributed by atoms with Crippen LogP contribution in [0, 0.1) is 13.8 Å². The van der Waals surface area contributed by atoms with E-state index in [9.17, 15) is 14.4 Å². The standard InChI is InChI=1S/C29H32ClN3O3S/c1-7-10-33-24-14-23(30)20(12-22(24)19(4)15-29(33,5)6)13-25-27(35)32(28(36)37-25)16-26(34)31-21-9-8-17(2)18(3)11-21/h8-9,11-15H,7,10,16H2,1-6H3,(H,31,34)/b25-13+. The van der Waals surface area contributed by atoms with E-state index in [2.05, 4.69) is 44.0 Å². The number of fused-ring (bicyclic) bond motifs is 1. The molecule has 2 aliphatic rings. The summed E-state index contributed by atoms with van der Waals surface area (Å²) in [5.74, 6) is -0.932. The predicted octanol–water partition coefficient (Wildman–Crippen LogP) is 7.04. The molecular weight excluding hydrogens is 506 g/mol. The Morgan fingerprint density at radius 2 is 1.84 bits per heavy atom. The first-order chi connectivity index (χ1) is 17.4. The van der Waals surface area contributed by atoms with E-state index in [1.54, 1.807) is 12.1 Å². The van der Waals surface area contributed by atoms with Crippen LogP contribution in [-0.4, -0.2) is 40.6 Å². The van der Waals surface area contributed by atoms with E-state index >= 15 is 0 Å². The number of carbonyl (C=O) groups is 3. The van der Waals surface area contributed by atoms with E-state index in [0.717, 1.165) is 57.6 Å². The minimum absolute atomic E-state index is 0.140. The number of hydrogen-bond donors (Lipinski definition) is 1. The normalized spacial score (nSPS) is 17.8. The summed E-state index contributed by atoms with van der Waals surface area (Å²) in [5.41, 5.74) is 6.55. The van der Waals surface area contributed by atoms with Gasteiger partial charge in [0.1, 0.15) is 6.54 Å². The van der Waals surface area contributed by atoms with Gasteiger partial charge in [-0.05, 0) is 105 Å². The quantitative estimate of drug-likeness (QED) is 0.400. The molecular formula is C29H32ClN3O3S. The minimum Gasteiger partial charge on any atom is -0.362 e. The summed E-state index contributed by atoms with van der Waals surface area (Å²) in [7, 11) is 0. The molecule has 2 aromatic rings. The maximum atomic E-state index is 13.1. The Hall–Kier alpha value is -3.03. The Morgan fingerprint density at radius 1 is 1.11 bits per heavy atom. The van der Waals surface area contributed by atoms with Crippen LogP contribution in [0.15, 0.2) is 41.3 Å². The zero-order valence-corrected chi connectivity index (χ0v) is 23.6. The molecule has 0 aliphatic carbocycles. The average Bonchev–Trinajstić information content (AvgIpc) is 3.07. The molecule has 2 aliphatic heterocycles. The second-order valence-electron chi connectivity index (χ2n) is 10.1. The largest absolute Gasteiger partial charge is 0.362 e. The number of aryl methyl sites for hydroxylation is 2. The van der Waals surface area contributed by atoms with Crippen LogP contribution in [0.4, 0.5) is 16.2 Å². The molecule has 1 N–H and O–H groups in total. The number of benzene rings is 2. The number of nitrogens with zero attached hydrogens (tertiary/aromatic N) is 2. The lowest BCUT2D eigenvalue weighted by molar-refractivity contribution is -0.127. The van der Waals surface area contributed by atoms with Gasteiger partial charge in [0, 0.05) is 28.5 Å². The fourth-order valence-electron chi connectivity index (χ4n) is 4.80. The number of rotatable bonds is 6. The third-order valence-corrected chi connectivity index (χ3v) is 8.03. The number of anilines is 2. The molecule has 2 aromatic carbocycles. The molecule has 194 valence electrons. The molecule has 0 saturated carbocycles. The SMILES string of the molecule is CCCN1c2cc(Cl)c(/C=C3/SC(=O)N(CC(=O)Nc4ccc(C)c(C)c4)C3=O)cc2C(C)=CC1(C)C. The van der Waals surface area contributed by atoms with E-state index in [1.165, 1.54) is 0 Å². The van der Waals surface area contributed by atoms with Crippen molar-refractivity contribution in [2.45, 2.75) is 53.5 Å². The van der Waals surface area contributed by atoms with E-state index in [4.69, 9.17) is 11.6 Å². The number of thioether (sulfide) groups is 1. The molecule has 37 heavy (non-hydrogen) atoms. The third kappa shape index (κ3) is 5.48. The lowest BCUT2D eigenvalue weighted by Gasteiger charge is -2.43. The van der Waals surface area contributed by atoms with Gasteiger partial charge in [0.2, 0.25) is 5.91 Å². The van der Waals surface area contributed by atoms with Gasteiger partial charge >= 0.3 is 0 Å². The summed E-state index contributed by atoms with van der Waals surface area (Å²) in [6.07, 6.45) is 4.88. The number of amides is 3. The smallest absolute Gasteiger partial charge is 0.294 e. The molecule has 2 heterocycles. The maximum Gasteiger partial charge on any atom is 0.294 e. The van der Waals surface area contributed by atoms with Gasteiger partial charge in [0.25, 0.3) is 11.1 Å². The Kier molecular flexibility index (Phi) is 7.58. The molecule has 1 saturated heterocycles. The number of hydrogen-bond acceptors (Lipinski definition) is 5. The van der Waals surface area contributed by atoms with Crippen molar-refractivity contribution in [3.8, 4) is 0 Å². The highest BCUT2D eigenvalue weighted by Gasteiger charge is 2.37. The second kappa shape index (κ2) is 10.4. The van der Waals surface area contributed by atoms with Crippen molar-refractivity contribution < 1.29 is 14.4 Å². The van der Waals surface area contributed by atoms with Gasteiger partial charge in [-0.1, -0.05) is 30.7 Å². The highest BCUT2D eigenvalue weighted by molar-refractivity contribution is 8.18. The van der Waals surface area contributed by atoms with Crippen molar-refractivity contribution in [1.82, 2.24) is 4.90 Å². The summed E-state index contributed by atoms with van der Waals surface area (Å²) in [6.45, 7) is 13.1. The number of imide groups is 1. The fraction of sp³-hybridized carbons (Fsp3) is 0.345. The second-order valence-corrected chi connectivity index (χ2v) is 11.5. The Bertz CT molecular complexity index is 1360. The third-order valence-electron chi connectivity index (χ3n) is 6.80. The number of halogens is 1. The minimum atomic E-state index is -0.500. The van der Waals surface area contributed by atoms with Crippen molar-refractivity contribution in [2.75, 3.05) is 23.3 Å². The number of carbonyl (C=O) groups excluding carboxylic acids is 3. The fourth-order valence-corrected chi connectivity index (χ4v) is 5.84. The summed E-state index contributed by atoms with van der Waals surface area (Å²) in [5, 5.41) is 2.79. The van der Waals surface area contributed by atoms with Crippen molar-refractivity contribution in [3.63, 3.8) is 0 Å². The van der Waals surface area contributed by atoms with Gasteiger partial charge in [-0.3, -0.25) is 19.3 Å². The molecule has 0 bridgehead atoms. The Labute approximate surface area is 227 Å². The van der Waals surface area contributed by atoms with Gasteiger partial charge in [-0.2, -0.15) is 0 Å². The molecule has 6 nitrogen and oxygen atoms in total. The highest BCUT2D eigenvalue weighted by Crippen LogP contribution is 2.43. The van der Waals surface area contributed by atoms with E-state index in [1.807, 2.05) is 38.1 Å². The molecule has 0 aromatic heterocycles. The summed E-state index contributed by atoms with van der Waals surface area (Å²) in [6, 6.07) is 9.48. The van der Waals surface area contributed by atoms with Gasteiger partial charge in [-0.25, -0.2) is 0 Å². The van der Waals surface area contributed by atoms with Crippen molar-refractivity contribution in [1.29, 1.82) is 0 Å². The maximum absolute atomic E-state index is 13.1. The molecule has 0 atom stereocenters. The number of nitrogens with one attached hydrogen (secondary N) is 1. The number of allylic oxidation sites excluding steroid dienone is 1. The predicted molar refractivity (Wildman–Crippen MR) is 154 cm³/mol. The monoisotopic (exact) mass is 537 g/mol. The first-order valence-electron chi connectivity index (χ1n) is 12.3. The zero-order chi connectivity index (χ0) is 27.1. The van der Waals surface area contributed by atoms with Gasteiger partial charge < -0.3 is 10.2 Å². The lowest BCUT2D eigenvalue weighted by Crippen LogP contribution is -2.45. The molecule has 0 spiro atoms. The van der Waals surface area contributed by atoms with E-state index in [0.29, 0.717) is 16.3 Å². The van der Waals surface area contributed by atoms with Crippen molar-refractivity contribution >= 4 is 63.4 Å². The van der Waals surface area contributed by atoms with Crippen LogP contribution in [0.3, 0.4) is 0 Å². The van der Waals surface area contributed by atoms with Gasteiger partial charge in [0.05, 0.1) is 10.4 Å². The topological polar surface area (TPSA) is 69.7 Å². The van der Waals surface area contributed by atoms with Gasteiger partial charge in [-0.15, -0.1) is 0 Å². The highest BCUT2D eigenvalue weighted by atomic mass is 35.5. The first kappa shape index (κ1) is 27.0.